The molecule has 2 aromatic carbocycles. The van der Waals surface area contributed by atoms with Crippen molar-refractivity contribution in [1.82, 2.24) is 4.98 Å². The zero-order valence-corrected chi connectivity index (χ0v) is 12.3. The van der Waals surface area contributed by atoms with Crippen LogP contribution in [-0.2, 0) is 0 Å². The van der Waals surface area contributed by atoms with Crippen LogP contribution in [0, 0.1) is 24.4 Å². The van der Waals surface area contributed by atoms with Crippen molar-refractivity contribution in [3.63, 3.8) is 0 Å². The first-order valence-electron chi connectivity index (χ1n) is 6.47. The molecule has 0 aliphatic rings. The number of rotatable bonds is 3. The van der Waals surface area contributed by atoms with Crippen molar-refractivity contribution < 1.29 is 13.2 Å². The SMILES string of the molecule is Cc1ccc(-c2csc(Nc3ccc(F)cc3F)n2)c(F)c1. The normalized spacial score (nSPS) is 10.7. The van der Waals surface area contributed by atoms with Crippen molar-refractivity contribution in [1.29, 1.82) is 0 Å². The van der Waals surface area contributed by atoms with Gasteiger partial charge in [-0.05, 0) is 36.8 Å². The van der Waals surface area contributed by atoms with Gasteiger partial charge in [-0.3, -0.25) is 0 Å². The molecule has 0 amide bonds. The molecule has 0 spiro atoms. The molecule has 0 aliphatic heterocycles. The lowest BCUT2D eigenvalue weighted by Crippen LogP contribution is -1.94. The van der Waals surface area contributed by atoms with Crippen LogP contribution in [0.25, 0.3) is 11.3 Å². The Morgan fingerprint density at radius 1 is 1.00 bits per heavy atom. The molecule has 22 heavy (non-hydrogen) atoms. The summed E-state index contributed by atoms with van der Waals surface area (Å²) >= 11 is 1.22. The molecule has 0 saturated carbocycles. The molecule has 0 unspecified atom stereocenters. The van der Waals surface area contributed by atoms with Crippen molar-refractivity contribution in [3.05, 3.63) is 64.8 Å². The summed E-state index contributed by atoms with van der Waals surface area (Å²) < 4.78 is 40.4. The van der Waals surface area contributed by atoms with Crippen molar-refractivity contribution in [2.75, 3.05) is 5.32 Å². The summed E-state index contributed by atoms with van der Waals surface area (Å²) in [6.07, 6.45) is 0. The number of hydrogen-bond acceptors (Lipinski definition) is 3. The first-order valence-corrected chi connectivity index (χ1v) is 7.35. The number of hydrogen-bond donors (Lipinski definition) is 1. The van der Waals surface area contributed by atoms with E-state index in [9.17, 15) is 13.2 Å². The third-order valence-corrected chi connectivity index (χ3v) is 3.84. The molecule has 1 aromatic heterocycles. The Morgan fingerprint density at radius 2 is 1.82 bits per heavy atom. The Morgan fingerprint density at radius 3 is 2.55 bits per heavy atom. The first kappa shape index (κ1) is 14.6. The fourth-order valence-corrected chi connectivity index (χ4v) is 2.71. The highest BCUT2D eigenvalue weighted by molar-refractivity contribution is 7.14. The van der Waals surface area contributed by atoms with E-state index >= 15 is 0 Å². The Balaban J connectivity index is 1.87. The number of benzene rings is 2. The van der Waals surface area contributed by atoms with Crippen molar-refractivity contribution in [2.24, 2.45) is 0 Å². The van der Waals surface area contributed by atoms with Gasteiger partial charge in [0, 0.05) is 17.0 Å². The Hall–Kier alpha value is -2.34. The van der Waals surface area contributed by atoms with Gasteiger partial charge in [-0.25, -0.2) is 18.2 Å². The minimum Gasteiger partial charge on any atom is -0.329 e. The summed E-state index contributed by atoms with van der Waals surface area (Å²) in [6, 6.07) is 8.11. The third-order valence-electron chi connectivity index (χ3n) is 3.08. The van der Waals surface area contributed by atoms with E-state index < -0.39 is 11.6 Å². The van der Waals surface area contributed by atoms with Gasteiger partial charge in [0.05, 0.1) is 11.4 Å². The third kappa shape index (κ3) is 2.96. The van der Waals surface area contributed by atoms with Crippen LogP contribution in [0.15, 0.2) is 41.8 Å². The van der Waals surface area contributed by atoms with Gasteiger partial charge in [-0.15, -0.1) is 11.3 Å². The molecule has 112 valence electrons. The lowest BCUT2D eigenvalue weighted by molar-refractivity contribution is 0.586. The van der Waals surface area contributed by atoms with Crippen LogP contribution in [-0.4, -0.2) is 4.98 Å². The standard InChI is InChI=1S/C16H11F3N2S/c1-9-2-4-11(12(18)6-9)15-8-22-16(21-15)20-14-5-3-10(17)7-13(14)19/h2-8H,1H3,(H,20,21). The van der Waals surface area contributed by atoms with E-state index in [1.807, 2.05) is 0 Å². The van der Waals surface area contributed by atoms with Crippen LogP contribution in [0.2, 0.25) is 0 Å². The molecule has 3 aromatic rings. The van der Waals surface area contributed by atoms with Gasteiger partial charge in [0.2, 0.25) is 0 Å². The van der Waals surface area contributed by atoms with Crippen LogP contribution < -0.4 is 5.32 Å². The molecule has 0 fully saturated rings. The number of nitrogens with zero attached hydrogens (tertiary/aromatic N) is 1. The number of halogens is 3. The quantitative estimate of drug-likeness (QED) is 0.710. The Bertz CT molecular complexity index is 830. The molecule has 1 N–H and O–H groups in total. The number of nitrogens with one attached hydrogen (secondary N) is 1. The van der Waals surface area contributed by atoms with Crippen LogP contribution in [0.1, 0.15) is 5.56 Å². The maximum Gasteiger partial charge on any atom is 0.187 e. The topological polar surface area (TPSA) is 24.9 Å². The zero-order valence-electron chi connectivity index (χ0n) is 11.5. The van der Waals surface area contributed by atoms with Crippen LogP contribution >= 0.6 is 11.3 Å². The molecule has 0 radical (unpaired) electrons. The first-order chi connectivity index (χ1) is 10.5. The summed E-state index contributed by atoms with van der Waals surface area (Å²) in [6.45, 7) is 1.80. The van der Waals surface area contributed by atoms with Crippen LogP contribution in [0.3, 0.4) is 0 Å². The van der Waals surface area contributed by atoms with Gasteiger partial charge in [0.1, 0.15) is 17.5 Å². The van der Waals surface area contributed by atoms with Crippen LogP contribution in [0.4, 0.5) is 24.0 Å². The van der Waals surface area contributed by atoms with Gasteiger partial charge in [0.25, 0.3) is 0 Å². The molecular weight excluding hydrogens is 309 g/mol. The number of aryl methyl sites for hydroxylation is 1. The van der Waals surface area contributed by atoms with E-state index in [0.717, 1.165) is 17.7 Å². The largest absolute Gasteiger partial charge is 0.329 e. The lowest BCUT2D eigenvalue weighted by atomic mass is 10.1. The summed E-state index contributed by atoms with van der Waals surface area (Å²) in [5, 5.41) is 4.85. The molecule has 0 atom stereocenters. The Labute approximate surface area is 129 Å². The van der Waals surface area contributed by atoms with E-state index in [-0.39, 0.29) is 11.5 Å². The van der Waals surface area contributed by atoms with Gasteiger partial charge in [-0.2, -0.15) is 0 Å². The second-order valence-electron chi connectivity index (χ2n) is 4.77. The molecule has 2 nitrogen and oxygen atoms in total. The monoisotopic (exact) mass is 320 g/mol. The van der Waals surface area contributed by atoms with Crippen LogP contribution in [0.5, 0.6) is 0 Å². The molecule has 0 aliphatic carbocycles. The van der Waals surface area contributed by atoms with E-state index in [2.05, 4.69) is 10.3 Å². The van der Waals surface area contributed by atoms with E-state index in [0.29, 0.717) is 16.4 Å². The minimum atomic E-state index is -0.710. The fraction of sp³-hybridized carbons (Fsp3) is 0.0625. The van der Waals surface area contributed by atoms with Gasteiger partial charge in [-0.1, -0.05) is 6.07 Å². The average Bonchev–Trinajstić information content (AvgIpc) is 2.90. The van der Waals surface area contributed by atoms with E-state index in [4.69, 9.17) is 0 Å². The molecule has 3 rings (SSSR count). The van der Waals surface area contributed by atoms with E-state index in [1.54, 1.807) is 24.4 Å². The zero-order chi connectivity index (χ0) is 15.7. The second-order valence-corrected chi connectivity index (χ2v) is 5.63. The van der Waals surface area contributed by atoms with Crippen molar-refractivity contribution in [2.45, 2.75) is 6.92 Å². The molecule has 1 heterocycles. The summed E-state index contributed by atoms with van der Waals surface area (Å²) in [7, 11) is 0. The molecule has 0 saturated heterocycles. The molecule has 0 bridgehead atoms. The van der Waals surface area contributed by atoms with Gasteiger partial charge in [0.15, 0.2) is 5.13 Å². The Kier molecular flexibility index (Phi) is 3.85. The van der Waals surface area contributed by atoms with Crippen molar-refractivity contribution in [3.8, 4) is 11.3 Å². The number of aromatic nitrogens is 1. The smallest absolute Gasteiger partial charge is 0.187 e. The predicted molar refractivity (Wildman–Crippen MR) is 81.9 cm³/mol. The summed E-state index contributed by atoms with van der Waals surface area (Å²) in [4.78, 5) is 4.24. The molecule has 6 heteroatoms. The highest BCUT2D eigenvalue weighted by Gasteiger charge is 2.11. The average molecular weight is 320 g/mol. The minimum absolute atomic E-state index is 0.117. The number of anilines is 2. The molecular formula is C16H11F3N2S. The maximum atomic E-state index is 13.9. The van der Waals surface area contributed by atoms with Gasteiger partial charge < -0.3 is 5.32 Å². The van der Waals surface area contributed by atoms with Gasteiger partial charge >= 0.3 is 0 Å². The fourth-order valence-electron chi connectivity index (χ4n) is 1.99. The lowest BCUT2D eigenvalue weighted by Gasteiger charge is -2.04. The highest BCUT2D eigenvalue weighted by Crippen LogP contribution is 2.29. The number of thiazole rings is 1. The maximum absolute atomic E-state index is 13.9. The van der Waals surface area contributed by atoms with Crippen molar-refractivity contribution >= 4 is 22.2 Å². The van der Waals surface area contributed by atoms with E-state index in [1.165, 1.54) is 23.5 Å². The predicted octanol–water partition coefficient (Wildman–Crippen LogP) is 5.28. The highest BCUT2D eigenvalue weighted by atomic mass is 32.1. The summed E-state index contributed by atoms with van der Waals surface area (Å²) in [5.41, 5.74) is 1.79. The second kappa shape index (κ2) is 5.81. The summed E-state index contributed by atoms with van der Waals surface area (Å²) in [5.74, 6) is -1.72.